The lowest BCUT2D eigenvalue weighted by molar-refractivity contribution is -0.192. The molecule has 30 heavy (non-hydrogen) atoms. The average molecular weight is 504 g/mol. The summed E-state index contributed by atoms with van der Waals surface area (Å²) in [5.41, 5.74) is 4.19. The number of amidine groups is 1. The Morgan fingerprint density at radius 3 is 2.73 bits per heavy atom. The van der Waals surface area contributed by atoms with Gasteiger partial charge in [-0.1, -0.05) is 27.7 Å². The van der Waals surface area contributed by atoms with Crippen LogP contribution in [0.3, 0.4) is 0 Å². The van der Waals surface area contributed by atoms with Crippen LogP contribution in [0.5, 0.6) is 5.75 Å². The molecule has 4 aliphatic rings. The molecule has 0 radical (unpaired) electrons. The molecule has 1 aromatic rings. The fraction of sp³-hybridized carbons (Fsp3) is 0.600. The van der Waals surface area contributed by atoms with Gasteiger partial charge in [-0.05, 0) is 50.3 Å². The number of benzene rings is 1. The monoisotopic (exact) mass is 503 g/mol. The maximum Gasteiger partial charge on any atom is 0.403 e. The molecule has 2 heterocycles. The quantitative estimate of drug-likeness (QED) is 0.636. The topological polar surface area (TPSA) is 76.7 Å². The molecule has 1 spiro atoms. The second kappa shape index (κ2) is 6.79. The number of halogens is 4. The zero-order chi connectivity index (χ0) is 21.3. The molecule has 2 aliphatic heterocycles. The van der Waals surface area contributed by atoms with Crippen molar-refractivity contribution < 1.29 is 22.7 Å². The van der Waals surface area contributed by atoms with Crippen LogP contribution < -0.4 is 15.8 Å². The first kappa shape index (κ1) is 20.5. The molecule has 10 heteroatoms. The number of rotatable bonds is 2. The predicted octanol–water partition coefficient (Wildman–Crippen LogP) is 4.09. The van der Waals surface area contributed by atoms with Crippen molar-refractivity contribution in [2.45, 2.75) is 56.0 Å². The molecule has 2 saturated carbocycles. The second-order valence-corrected chi connectivity index (χ2v) is 10.5. The molecular formula is C20H21BrF3N3O2S. The zero-order valence-electron chi connectivity index (χ0n) is 16.0. The number of hydrogen-bond acceptors (Lipinski definition) is 5. The molecule has 1 aromatic carbocycles. The number of thioether (sulfide) groups is 1. The standard InChI is InChI=1S/C20H21BrF3N3O2S/c21-10-1-3-14-12(7-10)19(9-30-17(25)27-19)13-8-11(2-4-15(13)29-14)26-16(28)18(5-6-18)20(22,23)24/h1,3,7,11,13,15H,2,4-6,8-9H2,(H2,25,27)(H,26,28)/t11-,13?,15?,19?/m0/s1. The van der Waals surface area contributed by atoms with E-state index in [-0.39, 0.29) is 30.9 Å². The van der Waals surface area contributed by atoms with Crippen molar-refractivity contribution in [1.29, 1.82) is 0 Å². The molecule has 3 unspecified atom stereocenters. The van der Waals surface area contributed by atoms with Gasteiger partial charge < -0.3 is 15.8 Å². The Morgan fingerprint density at radius 1 is 1.33 bits per heavy atom. The van der Waals surface area contributed by atoms with E-state index in [2.05, 4.69) is 21.2 Å². The number of hydrogen-bond donors (Lipinski definition) is 2. The predicted molar refractivity (Wildman–Crippen MR) is 111 cm³/mol. The molecule has 0 saturated heterocycles. The minimum Gasteiger partial charge on any atom is -0.490 e. The van der Waals surface area contributed by atoms with Gasteiger partial charge in [0.05, 0.1) is 0 Å². The lowest BCUT2D eigenvalue weighted by Crippen LogP contribution is -2.55. The van der Waals surface area contributed by atoms with Crippen LogP contribution >= 0.6 is 27.7 Å². The number of nitrogens with one attached hydrogen (secondary N) is 1. The van der Waals surface area contributed by atoms with Crippen molar-refractivity contribution in [2.24, 2.45) is 22.1 Å². The summed E-state index contributed by atoms with van der Waals surface area (Å²) in [6, 6.07) is 5.48. The van der Waals surface area contributed by atoms with Crippen molar-refractivity contribution in [2.75, 3.05) is 5.75 Å². The number of nitrogens with two attached hydrogens (primary N) is 1. The van der Waals surface area contributed by atoms with Crippen molar-refractivity contribution in [3.05, 3.63) is 28.2 Å². The minimum atomic E-state index is -4.50. The maximum atomic E-state index is 13.3. The molecular weight excluding hydrogens is 483 g/mol. The Balaban J connectivity index is 1.43. The Labute approximate surface area is 184 Å². The molecule has 5 rings (SSSR count). The van der Waals surface area contributed by atoms with Gasteiger partial charge >= 0.3 is 6.18 Å². The number of ether oxygens (including phenoxy) is 1. The van der Waals surface area contributed by atoms with E-state index in [1.807, 2.05) is 18.2 Å². The van der Waals surface area contributed by atoms with Crippen LogP contribution in [0, 0.1) is 11.3 Å². The lowest BCUT2D eigenvalue weighted by Gasteiger charge is -2.48. The van der Waals surface area contributed by atoms with Crippen molar-refractivity contribution in [3.63, 3.8) is 0 Å². The highest BCUT2D eigenvalue weighted by atomic mass is 79.9. The van der Waals surface area contributed by atoms with Crippen LogP contribution in [-0.4, -0.2) is 35.1 Å². The number of carbonyl (C=O) groups excluding carboxylic acids is 1. The average Bonchev–Trinajstić information content (AvgIpc) is 3.42. The summed E-state index contributed by atoms with van der Waals surface area (Å²) < 4.78 is 47.2. The van der Waals surface area contributed by atoms with Gasteiger partial charge in [0.2, 0.25) is 5.91 Å². The van der Waals surface area contributed by atoms with Gasteiger partial charge in [-0.15, -0.1) is 0 Å². The summed E-state index contributed by atoms with van der Waals surface area (Å²) in [6.07, 6.45) is -3.15. The Kier molecular flexibility index (Phi) is 4.63. The highest BCUT2D eigenvalue weighted by molar-refractivity contribution is 9.10. The van der Waals surface area contributed by atoms with Crippen molar-refractivity contribution >= 4 is 38.8 Å². The number of aliphatic imine (C=N–C) groups is 1. The smallest absolute Gasteiger partial charge is 0.403 e. The van der Waals surface area contributed by atoms with Gasteiger partial charge in [-0.25, -0.2) is 4.99 Å². The zero-order valence-corrected chi connectivity index (χ0v) is 18.4. The Hall–Kier alpha value is -1.42. The normalized spacial score (nSPS) is 33.9. The molecule has 162 valence electrons. The third kappa shape index (κ3) is 3.04. The van der Waals surface area contributed by atoms with E-state index in [1.165, 1.54) is 11.8 Å². The first-order chi connectivity index (χ1) is 14.1. The van der Waals surface area contributed by atoms with Crippen LogP contribution in [-0.2, 0) is 10.3 Å². The van der Waals surface area contributed by atoms with E-state index in [0.29, 0.717) is 30.2 Å². The van der Waals surface area contributed by atoms with Crippen molar-refractivity contribution in [1.82, 2.24) is 5.32 Å². The first-order valence-corrected chi connectivity index (χ1v) is 11.7. The third-order valence-electron chi connectivity index (χ3n) is 6.90. The molecule has 2 fully saturated rings. The summed E-state index contributed by atoms with van der Waals surface area (Å²) >= 11 is 4.99. The molecule has 2 aliphatic carbocycles. The molecule has 0 aromatic heterocycles. The van der Waals surface area contributed by atoms with Gasteiger partial charge in [0.15, 0.2) is 5.17 Å². The lowest BCUT2D eigenvalue weighted by atomic mass is 9.67. The van der Waals surface area contributed by atoms with Gasteiger partial charge in [0.1, 0.15) is 22.8 Å². The van der Waals surface area contributed by atoms with Crippen LogP contribution in [0.1, 0.15) is 37.7 Å². The number of amides is 1. The number of carbonyl (C=O) groups is 1. The van der Waals surface area contributed by atoms with Gasteiger partial charge in [-0.3, -0.25) is 4.79 Å². The highest BCUT2D eigenvalue weighted by Crippen LogP contribution is 2.58. The Morgan fingerprint density at radius 2 is 2.10 bits per heavy atom. The summed E-state index contributed by atoms with van der Waals surface area (Å²) in [5, 5.41) is 3.21. The summed E-state index contributed by atoms with van der Waals surface area (Å²) in [7, 11) is 0. The van der Waals surface area contributed by atoms with E-state index in [9.17, 15) is 18.0 Å². The molecule has 5 nitrogen and oxygen atoms in total. The third-order valence-corrected chi connectivity index (χ3v) is 8.36. The van der Waals surface area contributed by atoms with E-state index in [0.717, 1.165) is 15.8 Å². The van der Waals surface area contributed by atoms with Crippen LogP contribution in [0.4, 0.5) is 13.2 Å². The Bertz CT molecular complexity index is 936. The fourth-order valence-electron chi connectivity index (χ4n) is 5.08. The molecule has 1 amide bonds. The van der Waals surface area contributed by atoms with Gasteiger partial charge in [-0.2, -0.15) is 13.2 Å². The number of fused-ring (bicyclic) bond motifs is 4. The van der Waals surface area contributed by atoms with Crippen LogP contribution in [0.15, 0.2) is 27.7 Å². The van der Waals surface area contributed by atoms with Gasteiger partial charge in [0, 0.05) is 27.7 Å². The van der Waals surface area contributed by atoms with E-state index >= 15 is 0 Å². The summed E-state index contributed by atoms with van der Waals surface area (Å²) in [4.78, 5) is 17.3. The van der Waals surface area contributed by atoms with Crippen LogP contribution in [0.25, 0.3) is 0 Å². The van der Waals surface area contributed by atoms with E-state index in [4.69, 9.17) is 15.5 Å². The number of alkyl halides is 3. The molecule has 4 atom stereocenters. The SMILES string of the molecule is NC1=NC2(CS1)c1cc(Br)ccc1OC1CC[C@H](NC(=O)C3(C(F)(F)F)CC3)CC12. The molecule has 0 bridgehead atoms. The molecule has 3 N–H and O–H groups in total. The summed E-state index contributed by atoms with van der Waals surface area (Å²) in [6.45, 7) is 0. The van der Waals surface area contributed by atoms with E-state index < -0.39 is 23.0 Å². The van der Waals surface area contributed by atoms with Crippen LogP contribution in [0.2, 0.25) is 0 Å². The number of nitrogens with zero attached hydrogens (tertiary/aromatic N) is 1. The fourth-order valence-corrected chi connectivity index (χ4v) is 6.48. The summed E-state index contributed by atoms with van der Waals surface area (Å²) in [5.74, 6) is 0.457. The second-order valence-electron chi connectivity index (χ2n) is 8.63. The largest absolute Gasteiger partial charge is 0.490 e. The maximum absolute atomic E-state index is 13.3. The highest BCUT2D eigenvalue weighted by Gasteiger charge is 2.68. The van der Waals surface area contributed by atoms with E-state index in [1.54, 1.807) is 0 Å². The van der Waals surface area contributed by atoms with Gasteiger partial charge in [0.25, 0.3) is 0 Å². The minimum absolute atomic E-state index is 0.0760. The first-order valence-electron chi connectivity index (χ1n) is 9.97. The van der Waals surface area contributed by atoms with Crippen molar-refractivity contribution in [3.8, 4) is 5.75 Å².